The van der Waals surface area contributed by atoms with Crippen LogP contribution in [0.1, 0.15) is 57.6 Å². The molecule has 32 heavy (non-hydrogen) atoms. The first-order chi connectivity index (χ1) is 14.7. The van der Waals surface area contributed by atoms with E-state index in [1.807, 2.05) is 0 Å². The van der Waals surface area contributed by atoms with Gasteiger partial charge in [-0.25, -0.2) is 0 Å². The molecule has 2 unspecified atom stereocenters. The van der Waals surface area contributed by atoms with Crippen LogP contribution in [0.25, 0.3) is 0 Å². The lowest BCUT2D eigenvalue weighted by Gasteiger charge is -2.43. The molecule has 4 atom stereocenters. The number of carbonyl (C=O) groups is 1. The number of halogens is 7. The molecule has 0 aromatic carbocycles. The molecule has 1 saturated heterocycles. The van der Waals surface area contributed by atoms with Crippen molar-refractivity contribution in [1.82, 2.24) is 19.9 Å². The van der Waals surface area contributed by atoms with Gasteiger partial charge in [0.25, 0.3) is 0 Å². The minimum absolute atomic E-state index is 0.0224. The minimum atomic E-state index is -5.11. The van der Waals surface area contributed by atoms with Gasteiger partial charge in [0.2, 0.25) is 0 Å². The molecule has 0 spiro atoms. The van der Waals surface area contributed by atoms with Crippen LogP contribution in [-0.2, 0) is 18.0 Å². The molecule has 6 nitrogen and oxygen atoms in total. The zero-order valence-corrected chi connectivity index (χ0v) is 19.2. The van der Waals surface area contributed by atoms with Crippen molar-refractivity contribution in [2.75, 3.05) is 6.61 Å². The van der Waals surface area contributed by atoms with Crippen LogP contribution < -0.4 is 0 Å². The molecule has 2 aromatic heterocycles. The fourth-order valence-electron chi connectivity index (χ4n) is 4.02. The van der Waals surface area contributed by atoms with Crippen molar-refractivity contribution < 1.29 is 36.2 Å². The number of hydrogen-bond donors (Lipinski definition) is 1. The van der Waals surface area contributed by atoms with Crippen LogP contribution in [0.4, 0.5) is 26.3 Å². The summed E-state index contributed by atoms with van der Waals surface area (Å²) in [5, 5.41) is 17.1. The summed E-state index contributed by atoms with van der Waals surface area (Å²) < 4.78 is 81.2. The number of hydrogen-bond acceptors (Lipinski definition) is 5. The highest BCUT2D eigenvalue weighted by Crippen LogP contribution is 2.50. The van der Waals surface area contributed by atoms with Gasteiger partial charge < -0.3 is 10.0 Å². The van der Waals surface area contributed by atoms with Crippen molar-refractivity contribution >= 4 is 33.2 Å². The second kappa shape index (κ2) is 8.93. The maximum absolute atomic E-state index is 13.4. The monoisotopic (exact) mass is 548 g/mol. The third-order valence-electron chi connectivity index (χ3n) is 5.32. The highest BCUT2D eigenvalue weighted by atomic mass is 79.9. The van der Waals surface area contributed by atoms with Crippen LogP contribution in [-0.4, -0.2) is 49.7 Å². The number of likely N-dealkylation sites (tertiary alicyclic amines) is 1. The molecule has 2 aromatic rings. The lowest BCUT2D eigenvalue weighted by molar-refractivity contribution is -0.192. The van der Waals surface area contributed by atoms with E-state index in [0.717, 1.165) is 6.07 Å². The summed E-state index contributed by atoms with van der Waals surface area (Å²) in [4.78, 5) is 11.5. The lowest BCUT2D eigenvalue weighted by atomic mass is 9.83. The Morgan fingerprint density at radius 1 is 1.31 bits per heavy atom. The number of aromatic nitrogens is 3. The molecule has 0 bridgehead atoms. The summed E-state index contributed by atoms with van der Waals surface area (Å²) in [5.74, 6) is -2.62. The van der Waals surface area contributed by atoms with Crippen LogP contribution in [0.5, 0.6) is 0 Å². The third kappa shape index (κ3) is 4.96. The first-order valence-electron chi connectivity index (χ1n) is 9.45. The van der Waals surface area contributed by atoms with Crippen LogP contribution in [0.3, 0.4) is 0 Å². The van der Waals surface area contributed by atoms with Crippen LogP contribution in [0, 0.1) is 0 Å². The van der Waals surface area contributed by atoms with Gasteiger partial charge in [-0.3, -0.25) is 9.48 Å². The van der Waals surface area contributed by atoms with Crippen molar-refractivity contribution in [3.8, 4) is 0 Å². The van der Waals surface area contributed by atoms with Gasteiger partial charge in [0.1, 0.15) is 10.6 Å². The van der Waals surface area contributed by atoms with E-state index in [0.29, 0.717) is 21.1 Å². The molecule has 1 aliphatic rings. The highest BCUT2D eigenvalue weighted by Gasteiger charge is 2.50. The number of nitrogens with zero attached hydrogens (tertiary/aromatic N) is 4. The Morgan fingerprint density at radius 3 is 2.47 bits per heavy atom. The number of aliphatic hydroxyl groups is 1. The Balaban J connectivity index is 2.06. The summed E-state index contributed by atoms with van der Waals surface area (Å²) >= 11 is 3.68. The fraction of sp³-hybridized carbons (Fsp3) is 0.611. The number of piperidine rings is 1. The predicted molar refractivity (Wildman–Crippen MR) is 106 cm³/mol. The number of amides is 1. The third-order valence-corrected chi connectivity index (χ3v) is 7.46. The molecule has 0 aliphatic carbocycles. The van der Waals surface area contributed by atoms with Gasteiger partial charge in [-0.05, 0) is 37.3 Å². The second-order valence-electron chi connectivity index (χ2n) is 7.64. The van der Waals surface area contributed by atoms with E-state index in [2.05, 4.69) is 26.2 Å². The Bertz CT molecular complexity index is 976. The zero-order valence-electron chi connectivity index (χ0n) is 16.8. The Kier molecular flexibility index (Phi) is 6.97. The van der Waals surface area contributed by atoms with E-state index in [1.54, 1.807) is 0 Å². The molecule has 1 amide bonds. The van der Waals surface area contributed by atoms with Crippen LogP contribution >= 0.6 is 27.3 Å². The zero-order chi connectivity index (χ0) is 24.0. The van der Waals surface area contributed by atoms with E-state index in [9.17, 15) is 36.2 Å². The van der Waals surface area contributed by atoms with Gasteiger partial charge in [-0.1, -0.05) is 21.1 Å². The van der Waals surface area contributed by atoms with Crippen molar-refractivity contribution in [3.63, 3.8) is 0 Å². The second-order valence-corrected chi connectivity index (χ2v) is 9.83. The Morgan fingerprint density at radius 2 is 1.97 bits per heavy atom. The molecule has 14 heteroatoms. The lowest BCUT2D eigenvalue weighted by Crippen LogP contribution is -2.51. The number of aryl methyl sites for hydroxylation is 1. The maximum Gasteiger partial charge on any atom is 0.471 e. The van der Waals surface area contributed by atoms with Crippen LogP contribution in [0.2, 0.25) is 0 Å². The van der Waals surface area contributed by atoms with E-state index in [-0.39, 0.29) is 24.1 Å². The number of thiophene rings is 1. The average molecular weight is 549 g/mol. The molecule has 1 fully saturated rings. The van der Waals surface area contributed by atoms with Gasteiger partial charge >= 0.3 is 18.3 Å². The fourth-order valence-corrected chi connectivity index (χ4v) is 5.76. The van der Waals surface area contributed by atoms with Crippen LogP contribution in [0.15, 0.2) is 12.3 Å². The standard InChI is InChI=1S/C18H19BrF6N4O2S/c1-8-3-9(15-10(11(19)7-30)5-14(32-15)17(20,21)22)4-13(12-6-28(2)27-26-12)29(8)16(31)18(23,24)25/h5-6,8-9,11,13,30H,3-4,7H2,1-2H3/t8-,9?,11?,13-/m0/s1. The normalized spacial score (nSPS) is 23.4. The Hall–Kier alpha value is -1.67. The van der Waals surface area contributed by atoms with Gasteiger partial charge in [-0.2, -0.15) is 26.3 Å². The van der Waals surface area contributed by atoms with Crippen molar-refractivity contribution in [2.45, 2.75) is 54.9 Å². The molecular weight excluding hydrogens is 530 g/mol. The molecule has 0 radical (unpaired) electrons. The quantitative estimate of drug-likeness (QED) is 0.443. The van der Waals surface area contributed by atoms with Crippen molar-refractivity contribution in [2.24, 2.45) is 7.05 Å². The summed E-state index contributed by atoms with van der Waals surface area (Å²) in [6, 6.07) is -1.11. The predicted octanol–water partition coefficient (Wildman–Crippen LogP) is 4.72. The molecule has 3 heterocycles. The molecule has 3 rings (SSSR count). The smallest absolute Gasteiger partial charge is 0.395 e. The number of aliphatic hydroxyl groups excluding tert-OH is 1. The first-order valence-corrected chi connectivity index (χ1v) is 11.2. The van der Waals surface area contributed by atoms with Gasteiger partial charge in [0, 0.05) is 18.0 Å². The summed E-state index contributed by atoms with van der Waals surface area (Å²) in [7, 11) is 1.51. The van der Waals surface area contributed by atoms with Gasteiger partial charge in [-0.15, -0.1) is 16.4 Å². The molecule has 178 valence electrons. The number of alkyl halides is 7. The van der Waals surface area contributed by atoms with E-state index >= 15 is 0 Å². The Labute approximate surface area is 191 Å². The molecule has 0 saturated carbocycles. The van der Waals surface area contributed by atoms with E-state index < -0.39 is 52.6 Å². The first kappa shape index (κ1) is 25.0. The number of rotatable bonds is 4. The molecule has 1 aliphatic heterocycles. The van der Waals surface area contributed by atoms with Gasteiger partial charge in [0.05, 0.1) is 23.7 Å². The number of carbonyl (C=O) groups excluding carboxylic acids is 1. The minimum Gasteiger partial charge on any atom is -0.395 e. The van der Waals surface area contributed by atoms with E-state index in [1.165, 1.54) is 24.9 Å². The summed E-state index contributed by atoms with van der Waals surface area (Å²) in [6.45, 7) is 0.963. The molecule has 1 N–H and O–H groups in total. The van der Waals surface area contributed by atoms with Gasteiger partial charge in [0.15, 0.2) is 0 Å². The molecular formula is C18H19BrF6N4O2S. The largest absolute Gasteiger partial charge is 0.471 e. The average Bonchev–Trinajstić information content (AvgIpc) is 3.32. The SMILES string of the molecule is C[C@H]1CC(c2sc(C(F)(F)F)cc2C(Br)CO)C[C@@H](c2cn(C)nn2)N1C(=O)C(F)(F)F. The van der Waals surface area contributed by atoms with Crippen molar-refractivity contribution in [3.05, 3.63) is 33.3 Å². The van der Waals surface area contributed by atoms with Crippen molar-refractivity contribution in [1.29, 1.82) is 0 Å². The topological polar surface area (TPSA) is 71.2 Å². The summed E-state index contributed by atoms with van der Waals surface area (Å²) in [6.07, 6.45) is -8.39. The maximum atomic E-state index is 13.4. The highest BCUT2D eigenvalue weighted by molar-refractivity contribution is 9.09. The summed E-state index contributed by atoms with van der Waals surface area (Å²) in [5.41, 5.74) is 0.351. The van der Waals surface area contributed by atoms with E-state index in [4.69, 9.17) is 0 Å².